The largest absolute Gasteiger partial charge is 0.465 e. The van der Waals surface area contributed by atoms with Crippen molar-refractivity contribution in [1.29, 1.82) is 0 Å². The lowest BCUT2D eigenvalue weighted by Gasteiger charge is -2.23. The number of nitrogens with zero attached hydrogens (tertiary/aromatic N) is 4. The van der Waals surface area contributed by atoms with E-state index < -0.39 is 6.09 Å². The standard InChI is InChI=1S/C31H28ClN5O5/c1-16-19(6-4-8-21(16)30-35-24-13-18(15-38)12-22(32)27(24)42-30)20-7-5-9-23(17(20)2)34-29(39)28-33-25-14-37(31(40)41)11-10-26(25)36(28)3/h4-9,12-13,38H,10-11,14-15H2,1-3H3,(H,34,39)(H,40,41). The number of aliphatic hydroxyl groups is 1. The molecule has 0 fully saturated rings. The summed E-state index contributed by atoms with van der Waals surface area (Å²) >= 11 is 6.38. The van der Waals surface area contributed by atoms with Crippen molar-refractivity contribution < 1.29 is 24.2 Å². The second-order valence-electron chi connectivity index (χ2n) is 10.4. The number of carboxylic acid groups (broad SMARTS) is 1. The number of carbonyl (C=O) groups excluding carboxylic acids is 1. The third kappa shape index (κ3) is 4.68. The Balaban J connectivity index is 1.32. The first kappa shape index (κ1) is 27.5. The first-order chi connectivity index (χ1) is 20.2. The summed E-state index contributed by atoms with van der Waals surface area (Å²) in [5.41, 5.74) is 8.27. The molecule has 11 heteroatoms. The summed E-state index contributed by atoms with van der Waals surface area (Å²) in [4.78, 5) is 35.2. The number of anilines is 1. The van der Waals surface area contributed by atoms with E-state index in [2.05, 4.69) is 15.3 Å². The van der Waals surface area contributed by atoms with Crippen LogP contribution in [0.3, 0.4) is 0 Å². The highest BCUT2D eigenvalue weighted by Gasteiger charge is 2.28. The zero-order chi connectivity index (χ0) is 29.7. The SMILES string of the molecule is Cc1c(NC(=O)c2nc3c(n2C)CCN(C(=O)O)C3)cccc1-c1cccc(-c2nc3cc(CO)cc(Cl)c3o2)c1C. The highest BCUT2D eigenvalue weighted by molar-refractivity contribution is 6.34. The Labute approximate surface area is 246 Å². The van der Waals surface area contributed by atoms with Crippen LogP contribution in [0.1, 0.15) is 38.7 Å². The van der Waals surface area contributed by atoms with Crippen LogP contribution in [0.25, 0.3) is 33.7 Å². The molecule has 5 aromatic rings. The maximum absolute atomic E-state index is 13.4. The number of nitrogens with one attached hydrogen (secondary N) is 1. The number of rotatable bonds is 5. The van der Waals surface area contributed by atoms with Crippen molar-refractivity contribution in [3.63, 3.8) is 0 Å². The normalized spacial score (nSPS) is 12.9. The van der Waals surface area contributed by atoms with Crippen molar-refractivity contribution in [3.8, 4) is 22.6 Å². The average molecular weight is 586 g/mol. The molecule has 1 aliphatic heterocycles. The molecule has 0 aliphatic carbocycles. The molecular formula is C31H28ClN5O5. The fourth-order valence-corrected chi connectivity index (χ4v) is 5.82. The number of hydrogen-bond acceptors (Lipinski definition) is 6. The molecule has 6 rings (SSSR count). The molecule has 10 nitrogen and oxygen atoms in total. The summed E-state index contributed by atoms with van der Waals surface area (Å²) in [7, 11) is 1.78. The number of imidazole rings is 1. The molecule has 0 bridgehead atoms. The van der Waals surface area contributed by atoms with Gasteiger partial charge < -0.3 is 29.4 Å². The predicted octanol–water partition coefficient (Wildman–Crippen LogP) is 5.95. The maximum Gasteiger partial charge on any atom is 0.407 e. The van der Waals surface area contributed by atoms with Crippen molar-refractivity contribution >= 4 is 40.4 Å². The molecule has 0 spiro atoms. The number of amides is 2. The van der Waals surface area contributed by atoms with E-state index in [0.29, 0.717) is 51.9 Å². The number of halogens is 1. The van der Waals surface area contributed by atoms with Gasteiger partial charge in [0.1, 0.15) is 5.52 Å². The summed E-state index contributed by atoms with van der Waals surface area (Å²) in [6.07, 6.45) is -0.503. The fourth-order valence-electron chi connectivity index (χ4n) is 5.55. The van der Waals surface area contributed by atoms with E-state index in [1.807, 2.05) is 50.2 Å². The van der Waals surface area contributed by atoms with Gasteiger partial charge in [0, 0.05) is 37.0 Å². The monoisotopic (exact) mass is 585 g/mol. The van der Waals surface area contributed by atoms with Crippen LogP contribution in [0.5, 0.6) is 0 Å². The van der Waals surface area contributed by atoms with Crippen LogP contribution in [-0.2, 0) is 26.6 Å². The van der Waals surface area contributed by atoms with Gasteiger partial charge in [-0.1, -0.05) is 35.9 Å². The van der Waals surface area contributed by atoms with Gasteiger partial charge in [-0.15, -0.1) is 0 Å². The number of benzene rings is 3. The minimum atomic E-state index is -1.00. The Morgan fingerprint density at radius 3 is 2.50 bits per heavy atom. The molecule has 42 heavy (non-hydrogen) atoms. The number of hydrogen-bond donors (Lipinski definition) is 3. The van der Waals surface area contributed by atoms with Gasteiger partial charge in [-0.05, 0) is 65.9 Å². The Kier molecular flexibility index (Phi) is 6.96. The van der Waals surface area contributed by atoms with Crippen molar-refractivity contribution in [2.24, 2.45) is 7.05 Å². The molecule has 0 saturated heterocycles. The molecule has 1 aliphatic rings. The lowest BCUT2D eigenvalue weighted by molar-refractivity contribution is 0.101. The summed E-state index contributed by atoms with van der Waals surface area (Å²) < 4.78 is 7.79. The van der Waals surface area contributed by atoms with Gasteiger partial charge >= 0.3 is 6.09 Å². The highest BCUT2D eigenvalue weighted by atomic mass is 35.5. The van der Waals surface area contributed by atoms with Crippen molar-refractivity contribution in [2.45, 2.75) is 33.4 Å². The Bertz CT molecular complexity index is 1890. The molecule has 2 aromatic heterocycles. The number of carbonyl (C=O) groups is 2. The van der Waals surface area contributed by atoms with Gasteiger partial charge in [0.05, 0.1) is 23.9 Å². The second kappa shape index (κ2) is 10.6. The summed E-state index contributed by atoms with van der Waals surface area (Å²) in [6.45, 7) is 4.31. The molecule has 3 N–H and O–H groups in total. The molecule has 0 atom stereocenters. The van der Waals surface area contributed by atoms with E-state index in [1.54, 1.807) is 23.7 Å². The third-order valence-electron chi connectivity index (χ3n) is 7.85. The van der Waals surface area contributed by atoms with Crippen molar-refractivity contribution in [3.05, 3.63) is 87.5 Å². The van der Waals surface area contributed by atoms with Gasteiger partial charge in [0.25, 0.3) is 5.91 Å². The zero-order valence-electron chi connectivity index (χ0n) is 23.2. The number of aromatic nitrogens is 3. The van der Waals surface area contributed by atoms with E-state index in [9.17, 15) is 19.8 Å². The Morgan fingerprint density at radius 1 is 1.05 bits per heavy atom. The summed E-state index contributed by atoms with van der Waals surface area (Å²) in [6, 6.07) is 15.0. The fraction of sp³-hybridized carbons (Fsp3) is 0.226. The van der Waals surface area contributed by atoms with Gasteiger partial charge in [0.2, 0.25) is 5.89 Å². The molecule has 3 aromatic carbocycles. The zero-order valence-corrected chi connectivity index (χ0v) is 24.0. The lowest BCUT2D eigenvalue weighted by Crippen LogP contribution is -2.35. The number of fused-ring (bicyclic) bond motifs is 2. The van der Waals surface area contributed by atoms with Gasteiger partial charge in [-0.2, -0.15) is 0 Å². The molecule has 0 radical (unpaired) electrons. The summed E-state index contributed by atoms with van der Waals surface area (Å²) in [5, 5.41) is 22.3. The minimum Gasteiger partial charge on any atom is -0.465 e. The molecule has 2 amide bonds. The first-order valence-corrected chi connectivity index (χ1v) is 13.8. The third-order valence-corrected chi connectivity index (χ3v) is 8.13. The smallest absolute Gasteiger partial charge is 0.407 e. The molecular weight excluding hydrogens is 558 g/mol. The number of oxazole rings is 1. The lowest BCUT2D eigenvalue weighted by atomic mass is 9.93. The van der Waals surface area contributed by atoms with Crippen LogP contribution in [0.4, 0.5) is 10.5 Å². The molecule has 0 unspecified atom stereocenters. The van der Waals surface area contributed by atoms with E-state index in [1.165, 1.54) is 4.90 Å². The van der Waals surface area contributed by atoms with E-state index in [0.717, 1.165) is 33.5 Å². The van der Waals surface area contributed by atoms with Crippen LogP contribution >= 0.6 is 11.6 Å². The Morgan fingerprint density at radius 2 is 1.76 bits per heavy atom. The van der Waals surface area contributed by atoms with Gasteiger partial charge in [-0.25, -0.2) is 14.8 Å². The van der Waals surface area contributed by atoms with Gasteiger partial charge in [0.15, 0.2) is 11.4 Å². The van der Waals surface area contributed by atoms with E-state index in [-0.39, 0.29) is 24.9 Å². The predicted molar refractivity (Wildman–Crippen MR) is 159 cm³/mol. The van der Waals surface area contributed by atoms with Crippen molar-refractivity contribution in [2.75, 3.05) is 11.9 Å². The summed E-state index contributed by atoms with van der Waals surface area (Å²) in [5.74, 6) is 0.281. The highest BCUT2D eigenvalue weighted by Crippen LogP contribution is 2.37. The van der Waals surface area contributed by atoms with Crippen LogP contribution in [-0.4, -0.2) is 48.2 Å². The molecule has 214 valence electrons. The van der Waals surface area contributed by atoms with Crippen LogP contribution in [0.2, 0.25) is 5.02 Å². The van der Waals surface area contributed by atoms with Crippen LogP contribution < -0.4 is 5.32 Å². The van der Waals surface area contributed by atoms with Gasteiger partial charge in [-0.3, -0.25) is 4.79 Å². The minimum absolute atomic E-state index is 0.148. The average Bonchev–Trinajstić information content (AvgIpc) is 3.55. The second-order valence-corrected chi connectivity index (χ2v) is 10.8. The molecule has 3 heterocycles. The van der Waals surface area contributed by atoms with Crippen LogP contribution in [0.15, 0.2) is 52.9 Å². The quantitative estimate of drug-likeness (QED) is 0.232. The van der Waals surface area contributed by atoms with E-state index in [4.69, 9.17) is 16.0 Å². The first-order valence-electron chi connectivity index (χ1n) is 13.4. The molecule has 0 saturated carbocycles. The van der Waals surface area contributed by atoms with Crippen LogP contribution in [0, 0.1) is 13.8 Å². The maximum atomic E-state index is 13.4. The van der Waals surface area contributed by atoms with E-state index >= 15 is 0 Å². The Hall–Kier alpha value is -4.67. The number of aliphatic hydroxyl groups excluding tert-OH is 1. The van der Waals surface area contributed by atoms with Crippen molar-refractivity contribution in [1.82, 2.24) is 19.4 Å². The topological polar surface area (TPSA) is 134 Å².